The highest BCUT2D eigenvalue weighted by molar-refractivity contribution is 5.90. The van der Waals surface area contributed by atoms with Gasteiger partial charge in [-0.15, -0.1) is 5.10 Å². The van der Waals surface area contributed by atoms with Gasteiger partial charge in [0.25, 0.3) is 0 Å². The first-order valence-electron chi connectivity index (χ1n) is 11.6. The van der Waals surface area contributed by atoms with E-state index in [9.17, 15) is 19.9 Å². The zero-order valence-corrected chi connectivity index (χ0v) is 20.3. The average molecular weight is 547 g/mol. The van der Waals surface area contributed by atoms with E-state index in [1.165, 1.54) is 42.9 Å². The first kappa shape index (κ1) is 26.1. The number of hydrogen-bond acceptors (Lipinski definition) is 11. The highest BCUT2D eigenvalue weighted by Crippen LogP contribution is 2.42. The number of carbonyl (C=O) groups excluding carboxylic acids is 2. The Morgan fingerprint density at radius 1 is 1.07 bits per heavy atom. The van der Waals surface area contributed by atoms with Crippen LogP contribution in [0.25, 0.3) is 16.3 Å². The second-order valence-electron chi connectivity index (χ2n) is 8.35. The molecular formula is C24H18FN9O6. The zero-order chi connectivity index (χ0) is 28.1. The van der Waals surface area contributed by atoms with Gasteiger partial charge in [-0.2, -0.15) is 9.67 Å². The number of tetrazole rings is 1. The Balaban J connectivity index is 1.50. The normalized spacial score (nSPS) is 21.8. The number of aromatic nitrogens is 6. The van der Waals surface area contributed by atoms with Gasteiger partial charge in [0.2, 0.25) is 5.72 Å². The Morgan fingerprint density at radius 2 is 1.75 bits per heavy atom. The van der Waals surface area contributed by atoms with E-state index in [1.54, 1.807) is 36.4 Å². The summed E-state index contributed by atoms with van der Waals surface area (Å²) >= 11 is 0. The van der Waals surface area contributed by atoms with E-state index in [2.05, 4.69) is 30.5 Å². The van der Waals surface area contributed by atoms with Crippen molar-refractivity contribution >= 4 is 11.9 Å². The minimum absolute atomic E-state index is 0.0389. The SMILES string of the molecule is [N-]=[N+]=N[C@]1(COC(=O)c2ccccc2)OC(n2ccc(-n3cnnn3)nc2=O)[C@H](OC(=O)c2ccccc2)[C@@H]1F. The molecule has 40 heavy (non-hydrogen) atoms. The smallest absolute Gasteiger partial charge is 0.351 e. The maximum atomic E-state index is 16.2. The monoisotopic (exact) mass is 547 g/mol. The van der Waals surface area contributed by atoms with Crippen molar-refractivity contribution in [2.24, 2.45) is 5.11 Å². The van der Waals surface area contributed by atoms with Crippen LogP contribution in [0.4, 0.5) is 4.39 Å². The van der Waals surface area contributed by atoms with Crippen LogP contribution in [-0.4, -0.2) is 66.3 Å². The minimum Gasteiger partial charge on any atom is -0.459 e. The summed E-state index contributed by atoms with van der Waals surface area (Å²) in [5.74, 6) is -1.75. The van der Waals surface area contributed by atoms with E-state index in [1.807, 2.05) is 0 Å². The molecule has 5 rings (SSSR count). The Labute approximate surface area is 223 Å². The van der Waals surface area contributed by atoms with Gasteiger partial charge >= 0.3 is 17.6 Å². The summed E-state index contributed by atoms with van der Waals surface area (Å²) in [4.78, 5) is 44.9. The third-order valence-corrected chi connectivity index (χ3v) is 5.88. The highest BCUT2D eigenvalue weighted by atomic mass is 19.1. The molecule has 1 aliphatic rings. The summed E-state index contributed by atoms with van der Waals surface area (Å²) in [5.41, 5.74) is 6.03. The molecule has 0 bridgehead atoms. The fourth-order valence-corrected chi connectivity index (χ4v) is 3.96. The van der Waals surface area contributed by atoms with Crippen LogP contribution in [0.15, 0.2) is 89.2 Å². The first-order chi connectivity index (χ1) is 19.4. The van der Waals surface area contributed by atoms with Crippen LogP contribution < -0.4 is 5.69 Å². The predicted octanol–water partition coefficient (Wildman–Crippen LogP) is 2.18. The van der Waals surface area contributed by atoms with Crippen LogP contribution >= 0.6 is 0 Å². The molecule has 4 aromatic rings. The standard InChI is InChI=1S/C24H18FN9O6/c25-19-18(39-22(36)16-9-5-2-6-10-16)20(33-12-11-17(28-23(33)37)34-14-27-31-32-34)40-24(19,29-30-26)13-38-21(35)15-7-3-1-4-8-15/h1-12,14,18-20H,13H2/t18-,19+,20?,24-/m1/s1. The first-order valence-corrected chi connectivity index (χ1v) is 11.6. The average Bonchev–Trinajstić information content (AvgIpc) is 3.61. The maximum Gasteiger partial charge on any atom is 0.351 e. The van der Waals surface area contributed by atoms with Crippen LogP contribution in [0.5, 0.6) is 0 Å². The molecule has 0 aliphatic carbocycles. The number of ether oxygens (including phenoxy) is 3. The van der Waals surface area contributed by atoms with Crippen molar-refractivity contribution < 1.29 is 28.2 Å². The van der Waals surface area contributed by atoms with E-state index in [0.717, 1.165) is 9.25 Å². The molecule has 1 fully saturated rings. The number of halogens is 1. The van der Waals surface area contributed by atoms with Crippen molar-refractivity contribution in [1.82, 2.24) is 29.8 Å². The van der Waals surface area contributed by atoms with Crippen LogP contribution in [0, 0.1) is 0 Å². The van der Waals surface area contributed by atoms with E-state index >= 15 is 4.39 Å². The van der Waals surface area contributed by atoms with E-state index < -0.39 is 48.5 Å². The number of nitrogens with zero attached hydrogens (tertiary/aromatic N) is 9. The molecule has 2 aromatic carbocycles. The van der Waals surface area contributed by atoms with Gasteiger partial charge in [-0.1, -0.05) is 41.5 Å². The van der Waals surface area contributed by atoms with Crippen LogP contribution in [0.3, 0.4) is 0 Å². The topological polar surface area (TPSA) is 189 Å². The lowest BCUT2D eigenvalue weighted by Gasteiger charge is -2.25. The summed E-state index contributed by atoms with van der Waals surface area (Å²) in [6.07, 6.45) is -3.49. The molecule has 1 saturated heterocycles. The largest absolute Gasteiger partial charge is 0.459 e. The minimum atomic E-state index is -2.50. The molecule has 1 unspecified atom stereocenters. The fourth-order valence-electron chi connectivity index (χ4n) is 3.96. The summed E-state index contributed by atoms with van der Waals surface area (Å²) in [6.45, 7) is -0.896. The number of carbonyl (C=O) groups is 2. The van der Waals surface area contributed by atoms with Crippen molar-refractivity contribution in [2.75, 3.05) is 6.61 Å². The number of alkyl halides is 1. The molecule has 0 spiro atoms. The van der Waals surface area contributed by atoms with Crippen molar-refractivity contribution in [3.05, 3.63) is 111 Å². The number of benzene rings is 2. The number of hydrogen-bond donors (Lipinski definition) is 0. The number of rotatable bonds is 8. The van der Waals surface area contributed by atoms with Crippen LogP contribution in [0.1, 0.15) is 26.9 Å². The second kappa shape index (κ2) is 11.1. The molecule has 2 aromatic heterocycles. The molecule has 1 aliphatic heterocycles. The molecule has 4 atom stereocenters. The zero-order valence-electron chi connectivity index (χ0n) is 20.3. The Morgan fingerprint density at radius 3 is 2.35 bits per heavy atom. The highest BCUT2D eigenvalue weighted by Gasteiger charge is 2.60. The number of esters is 2. The van der Waals surface area contributed by atoms with Crippen LogP contribution in [-0.2, 0) is 14.2 Å². The van der Waals surface area contributed by atoms with E-state index in [4.69, 9.17) is 14.2 Å². The number of azide groups is 1. The molecule has 0 saturated carbocycles. The van der Waals surface area contributed by atoms with Gasteiger partial charge in [-0.25, -0.2) is 18.8 Å². The molecule has 0 radical (unpaired) electrons. The molecule has 3 heterocycles. The summed E-state index contributed by atoms with van der Waals surface area (Å²) in [7, 11) is 0. The molecule has 0 N–H and O–H groups in total. The maximum absolute atomic E-state index is 16.2. The van der Waals surface area contributed by atoms with Gasteiger partial charge in [-0.05, 0) is 46.3 Å². The summed E-state index contributed by atoms with van der Waals surface area (Å²) in [5, 5.41) is 14.0. The van der Waals surface area contributed by atoms with Crippen LogP contribution in [0.2, 0.25) is 0 Å². The summed E-state index contributed by atoms with van der Waals surface area (Å²) in [6, 6.07) is 16.8. The lowest BCUT2D eigenvalue weighted by molar-refractivity contribution is -0.119. The van der Waals surface area contributed by atoms with Crippen molar-refractivity contribution in [2.45, 2.75) is 24.2 Å². The molecule has 15 nitrogen and oxygen atoms in total. The lowest BCUT2D eigenvalue weighted by Crippen LogP contribution is -2.44. The van der Waals surface area contributed by atoms with E-state index in [-0.39, 0.29) is 16.9 Å². The Bertz CT molecular complexity index is 1610. The van der Waals surface area contributed by atoms with Gasteiger partial charge in [0.15, 0.2) is 24.3 Å². The quantitative estimate of drug-likeness (QED) is 0.137. The summed E-state index contributed by atoms with van der Waals surface area (Å²) < 4.78 is 34.5. The molecule has 202 valence electrons. The van der Waals surface area contributed by atoms with Gasteiger partial charge in [0.1, 0.15) is 12.9 Å². The predicted molar refractivity (Wildman–Crippen MR) is 130 cm³/mol. The fraction of sp³-hybridized carbons (Fsp3) is 0.208. The van der Waals surface area contributed by atoms with Crippen molar-refractivity contribution in [1.29, 1.82) is 0 Å². The van der Waals surface area contributed by atoms with Crippen molar-refractivity contribution in [3.63, 3.8) is 0 Å². The van der Waals surface area contributed by atoms with E-state index in [0.29, 0.717) is 0 Å². The third kappa shape index (κ3) is 5.11. The Hall–Kier alpha value is -5.47. The molecular weight excluding hydrogens is 529 g/mol. The van der Waals surface area contributed by atoms with Crippen molar-refractivity contribution in [3.8, 4) is 5.82 Å². The molecule has 0 amide bonds. The van der Waals surface area contributed by atoms with Gasteiger partial charge in [0.05, 0.1) is 11.1 Å². The third-order valence-electron chi connectivity index (χ3n) is 5.88. The van der Waals surface area contributed by atoms with Gasteiger partial charge < -0.3 is 14.2 Å². The van der Waals surface area contributed by atoms with Gasteiger partial charge in [0, 0.05) is 11.1 Å². The molecule has 16 heteroatoms. The second-order valence-corrected chi connectivity index (χ2v) is 8.35. The van der Waals surface area contributed by atoms with Gasteiger partial charge in [-0.3, -0.25) is 4.57 Å². The lowest BCUT2D eigenvalue weighted by atomic mass is 10.1. The Kier molecular flexibility index (Phi) is 7.26.